The number of rotatable bonds is 4. The van der Waals surface area contributed by atoms with E-state index in [-0.39, 0.29) is 11.0 Å². The number of nitrogens with zero attached hydrogens (tertiary/aromatic N) is 2. The number of aromatic nitrogens is 2. The highest BCUT2D eigenvalue weighted by Gasteiger charge is 2.45. The lowest BCUT2D eigenvalue weighted by Gasteiger charge is -2.19. The highest BCUT2D eigenvalue weighted by atomic mass is 79.9. The second kappa shape index (κ2) is 5.91. The minimum absolute atomic E-state index is 0.274. The molecule has 1 fully saturated rings. The number of anilines is 1. The standard InChI is InChI=1S/C16H15BrF3N3O/c1-23-14(24)13(17)12(8-22-23)21-9-15(5-6-15)10-3-2-4-11(7-10)16(18,19)20/h2-4,7-8,21H,5-6,9H2,1H3. The molecule has 0 radical (unpaired) electrons. The maximum atomic E-state index is 12.9. The van der Waals surface area contributed by atoms with Gasteiger partial charge in [0.25, 0.3) is 5.56 Å². The topological polar surface area (TPSA) is 46.9 Å². The van der Waals surface area contributed by atoms with Crippen LogP contribution < -0.4 is 10.9 Å². The van der Waals surface area contributed by atoms with Gasteiger partial charge in [0.05, 0.1) is 17.4 Å². The third-order valence-electron chi connectivity index (χ3n) is 4.35. The average Bonchev–Trinajstić information content (AvgIpc) is 3.33. The van der Waals surface area contributed by atoms with Crippen LogP contribution in [-0.2, 0) is 18.6 Å². The van der Waals surface area contributed by atoms with Gasteiger partial charge in [-0.15, -0.1) is 0 Å². The van der Waals surface area contributed by atoms with Crippen LogP contribution in [0.5, 0.6) is 0 Å². The molecule has 1 aromatic carbocycles. The summed E-state index contributed by atoms with van der Waals surface area (Å²) >= 11 is 3.23. The molecular formula is C16H15BrF3N3O. The molecule has 128 valence electrons. The van der Waals surface area contributed by atoms with Gasteiger partial charge in [0.15, 0.2) is 0 Å². The molecule has 0 amide bonds. The molecule has 1 saturated carbocycles. The van der Waals surface area contributed by atoms with E-state index in [0.717, 1.165) is 18.9 Å². The highest BCUT2D eigenvalue weighted by Crippen LogP contribution is 2.49. The van der Waals surface area contributed by atoms with Crippen LogP contribution >= 0.6 is 15.9 Å². The van der Waals surface area contributed by atoms with Crippen molar-refractivity contribution in [3.05, 3.63) is 56.4 Å². The van der Waals surface area contributed by atoms with Crippen molar-refractivity contribution in [2.24, 2.45) is 7.05 Å². The fourth-order valence-corrected chi connectivity index (χ4v) is 3.14. The van der Waals surface area contributed by atoms with Gasteiger partial charge in [-0.2, -0.15) is 18.3 Å². The summed E-state index contributed by atoms with van der Waals surface area (Å²) in [5.41, 5.74) is -0.0392. The Balaban J connectivity index is 1.81. The number of aryl methyl sites for hydroxylation is 1. The van der Waals surface area contributed by atoms with Gasteiger partial charge in [-0.05, 0) is 40.4 Å². The van der Waals surface area contributed by atoms with Gasteiger partial charge >= 0.3 is 6.18 Å². The van der Waals surface area contributed by atoms with E-state index in [4.69, 9.17) is 0 Å². The lowest BCUT2D eigenvalue weighted by molar-refractivity contribution is -0.137. The second-order valence-corrected chi connectivity index (χ2v) is 6.81. The minimum Gasteiger partial charge on any atom is -0.382 e. The van der Waals surface area contributed by atoms with E-state index < -0.39 is 11.7 Å². The number of hydrogen-bond donors (Lipinski definition) is 1. The number of benzene rings is 1. The molecule has 0 atom stereocenters. The summed E-state index contributed by atoms with van der Waals surface area (Å²) in [5.74, 6) is 0. The number of hydrogen-bond acceptors (Lipinski definition) is 3. The van der Waals surface area contributed by atoms with Crippen molar-refractivity contribution < 1.29 is 13.2 Å². The lowest BCUT2D eigenvalue weighted by atomic mass is 9.94. The van der Waals surface area contributed by atoms with E-state index in [9.17, 15) is 18.0 Å². The van der Waals surface area contributed by atoms with Crippen molar-refractivity contribution in [2.75, 3.05) is 11.9 Å². The van der Waals surface area contributed by atoms with Crippen LogP contribution in [0.3, 0.4) is 0 Å². The maximum absolute atomic E-state index is 12.9. The lowest BCUT2D eigenvalue weighted by Crippen LogP contribution is -2.24. The monoisotopic (exact) mass is 401 g/mol. The van der Waals surface area contributed by atoms with Crippen LogP contribution in [0.15, 0.2) is 39.7 Å². The third-order valence-corrected chi connectivity index (χ3v) is 5.12. The maximum Gasteiger partial charge on any atom is 0.416 e. The first-order valence-corrected chi connectivity index (χ1v) is 8.16. The third kappa shape index (κ3) is 3.19. The van der Waals surface area contributed by atoms with Gasteiger partial charge < -0.3 is 5.32 Å². The fraction of sp³-hybridized carbons (Fsp3) is 0.375. The molecule has 1 heterocycles. The van der Waals surface area contributed by atoms with Gasteiger partial charge in [0.1, 0.15) is 4.47 Å². The Morgan fingerprint density at radius 3 is 2.71 bits per heavy atom. The van der Waals surface area contributed by atoms with Crippen LogP contribution in [0.2, 0.25) is 0 Å². The first kappa shape index (κ1) is 17.0. The van der Waals surface area contributed by atoms with E-state index in [0.29, 0.717) is 22.3 Å². The van der Waals surface area contributed by atoms with Gasteiger partial charge in [-0.3, -0.25) is 4.79 Å². The summed E-state index contributed by atoms with van der Waals surface area (Å²) in [6.45, 7) is 0.446. The summed E-state index contributed by atoms with van der Waals surface area (Å²) < 4.78 is 40.3. The Morgan fingerprint density at radius 2 is 2.08 bits per heavy atom. The fourth-order valence-electron chi connectivity index (χ4n) is 2.64. The largest absolute Gasteiger partial charge is 0.416 e. The average molecular weight is 402 g/mol. The Labute approximate surface area is 144 Å². The van der Waals surface area contributed by atoms with E-state index in [1.807, 2.05) is 0 Å². The molecule has 0 bridgehead atoms. The van der Waals surface area contributed by atoms with Crippen molar-refractivity contribution in [1.82, 2.24) is 9.78 Å². The Morgan fingerprint density at radius 1 is 1.38 bits per heavy atom. The molecule has 3 rings (SSSR count). The molecule has 1 N–H and O–H groups in total. The van der Waals surface area contributed by atoms with Crippen LogP contribution in [0.25, 0.3) is 0 Å². The molecule has 0 spiro atoms. The van der Waals surface area contributed by atoms with Crippen molar-refractivity contribution in [2.45, 2.75) is 24.4 Å². The molecule has 0 saturated heterocycles. The van der Waals surface area contributed by atoms with E-state index in [2.05, 4.69) is 26.3 Å². The van der Waals surface area contributed by atoms with E-state index in [1.165, 1.54) is 23.0 Å². The molecule has 2 aromatic rings. The van der Waals surface area contributed by atoms with Gasteiger partial charge in [0.2, 0.25) is 0 Å². The number of halogens is 4. The summed E-state index contributed by atoms with van der Waals surface area (Å²) in [6, 6.07) is 5.45. The quantitative estimate of drug-likeness (QED) is 0.849. The zero-order valence-electron chi connectivity index (χ0n) is 12.8. The molecule has 8 heteroatoms. The first-order valence-electron chi connectivity index (χ1n) is 7.36. The second-order valence-electron chi connectivity index (χ2n) is 6.01. The van der Waals surface area contributed by atoms with Gasteiger partial charge in [0, 0.05) is 19.0 Å². The molecule has 1 aromatic heterocycles. The molecule has 1 aliphatic rings. The summed E-state index contributed by atoms with van der Waals surface area (Å²) in [5, 5.41) is 7.08. The Hall–Kier alpha value is -1.83. The van der Waals surface area contributed by atoms with Crippen LogP contribution in [0.4, 0.5) is 18.9 Å². The summed E-state index contributed by atoms with van der Waals surface area (Å²) in [4.78, 5) is 11.8. The molecule has 0 aliphatic heterocycles. The molecule has 1 aliphatic carbocycles. The zero-order valence-corrected chi connectivity index (χ0v) is 14.4. The smallest absolute Gasteiger partial charge is 0.382 e. The Bertz CT molecular complexity index is 828. The van der Waals surface area contributed by atoms with Crippen LogP contribution in [0.1, 0.15) is 24.0 Å². The van der Waals surface area contributed by atoms with Gasteiger partial charge in [-0.1, -0.05) is 18.2 Å². The predicted molar refractivity (Wildman–Crippen MR) is 88.0 cm³/mol. The van der Waals surface area contributed by atoms with E-state index in [1.54, 1.807) is 13.1 Å². The molecule has 0 unspecified atom stereocenters. The normalized spacial score (nSPS) is 16.0. The Kier molecular flexibility index (Phi) is 4.19. The predicted octanol–water partition coefficient (Wildman–Crippen LogP) is 3.71. The van der Waals surface area contributed by atoms with E-state index >= 15 is 0 Å². The van der Waals surface area contributed by atoms with Crippen molar-refractivity contribution in [3.63, 3.8) is 0 Å². The summed E-state index contributed by atoms with van der Waals surface area (Å²) in [6.07, 6.45) is -1.22. The number of nitrogens with one attached hydrogen (secondary N) is 1. The SMILES string of the molecule is Cn1ncc(NCC2(c3cccc(C(F)(F)F)c3)CC2)c(Br)c1=O. The number of alkyl halides is 3. The molecule has 24 heavy (non-hydrogen) atoms. The molecule has 4 nitrogen and oxygen atoms in total. The van der Waals surface area contributed by atoms with Crippen LogP contribution in [0, 0.1) is 0 Å². The first-order chi connectivity index (χ1) is 11.2. The molecular weight excluding hydrogens is 387 g/mol. The van der Waals surface area contributed by atoms with Crippen molar-refractivity contribution >= 4 is 21.6 Å². The van der Waals surface area contributed by atoms with Crippen LogP contribution in [-0.4, -0.2) is 16.3 Å². The summed E-state index contributed by atoms with van der Waals surface area (Å²) in [7, 11) is 1.54. The zero-order chi connectivity index (χ0) is 17.5. The van der Waals surface area contributed by atoms with Gasteiger partial charge in [-0.25, -0.2) is 4.68 Å². The van der Waals surface area contributed by atoms with Crippen molar-refractivity contribution in [1.29, 1.82) is 0 Å². The van der Waals surface area contributed by atoms with Crippen molar-refractivity contribution in [3.8, 4) is 0 Å². The minimum atomic E-state index is -4.35. The highest BCUT2D eigenvalue weighted by molar-refractivity contribution is 9.10.